The van der Waals surface area contributed by atoms with Crippen LogP contribution in [0.3, 0.4) is 0 Å². The van der Waals surface area contributed by atoms with Gasteiger partial charge in [0.1, 0.15) is 17.5 Å². The number of aryl methyl sites for hydroxylation is 1. The molecule has 3 N–H and O–H groups in total. The Kier molecular flexibility index (Phi) is 3.88. The molecule has 7 nitrogen and oxygen atoms in total. The topological polar surface area (TPSA) is 118 Å². The van der Waals surface area contributed by atoms with E-state index in [-0.39, 0.29) is 24.9 Å². The molecule has 1 atom stereocenters. The van der Waals surface area contributed by atoms with Crippen LogP contribution in [0.4, 0.5) is 5.82 Å². The summed E-state index contributed by atoms with van der Waals surface area (Å²) in [5.41, 5.74) is 9.49. The van der Waals surface area contributed by atoms with Crippen molar-refractivity contribution >= 4 is 11.8 Å². The van der Waals surface area contributed by atoms with Crippen LogP contribution in [0.1, 0.15) is 29.7 Å². The zero-order valence-electron chi connectivity index (χ0n) is 14.0. The van der Waals surface area contributed by atoms with E-state index in [2.05, 4.69) is 11.1 Å². The molecular formula is C19H17N3O4. The second-order valence-corrected chi connectivity index (χ2v) is 6.53. The van der Waals surface area contributed by atoms with E-state index in [1.165, 1.54) is 0 Å². The Balaban J connectivity index is 1.92. The van der Waals surface area contributed by atoms with Gasteiger partial charge in [0.2, 0.25) is 6.79 Å². The van der Waals surface area contributed by atoms with Gasteiger partial charge in [-0.1, -0.05) is 12.1 Å². The van der Waals surface area contributed by atoms with Crippen LogP contribution in [0.5, 0.6) is 11.5 Å². The maximum atomic E-state index is 11.1. The predicted molar refractivity (Wildman–Crippen MR) is 92.7 cm³/mol. The molecule has 1 aromatic carbocycles. The molecule has 26 heavy (non-hydrogen) atoms. The number of carbonyl (C=O) groups is 1. The van der Waals surface area contributed by atoms with Gasteiger partial charge >= 0.3 is 5.97 Å². The first-order chi connectivity index (χ1) is 12.6. The van der Waals surface area contributed by atoms with Crippen LogP contribution < -0.4 is 15.2 Å². The number of fused-ring (bicyclic) bond motifs is 2. The van der Waals surface area contributed by atoms with Gasteiger partial charge in [-0.15, -0.1) is 0 Å². The second-order valence-electron chi connectivity index (χ2n) is 6.53. The Morgan fingerprint density at radius 3 is 3.04 bits per heavy atom. The zero-order chi connectivity index (χ0) is 18.3. The summed E-state index contributed by atoms with van der Waals surface area (Å²) in [7, 11) is 0. The highest BCUT2D eigenvalue weighted by Gasteiger charge is 2.30. The normalized spacial score (nSPS) is 17.4. The summed E-state index contributed by atoms with van der Waals surface area (Å²) in [4.78, 5) is 15.6. The molecule has 0 saturated heterocycles. The lowest BCUT2D eigenvalue weighted by Crippen LogP contribution is -2.21. The summed E-state index contributed by atoms with van der Waals surface area (Å²) < 4.78 is 11.1. The number of carboxylic acid groups (broad SMARTS) is 1. The number of benzene rings is 1. The summed E-state index contributed by atoms with van der Waals surface area (Å²) in [6.45, 7) is 0.124. The molecule has 7 heteroatoms. The SMILES string of the molecule is N#Cc1c(N)nc2c(c1-c1cccc3c1OCO3)CC(CC(=O)O)CC2. The third-order valence-electron chi connectivity index (χ3n) is 4.93. The summed E-state index contributed by atoms with van der Waals surface area (Å²) in [6.07, 6.45) is 2.02. The van der Waals surface area contributed by atoms with Gasteiger partial charge in [-0.2, -0.15) is 5.26 Å². The summed E-state index contributed by atoms with van der Waals surface area (Å²) in [6, 6.07) is 7.67. The second kappa shape index (κ2) is 6.23. The van der Waals surface area contributed by atoms with Crippen molar-refractivity contribution in [3.63, 3.8) is 0 Å². The van der Waals surface area contributed by atoms with E-state index in [1.54, 1.807) is 0 Å². The number of aliphatic carboxylic acids is 1. The molecule has 0 bridgehead atoms. The molecule has 4 rings (SSSR count). The van der Waals surface area contributed by atoms with Gasteiger partial charge in [0.25, 0.3) is 0 Å². The molecule has 0 fully saturated rings. The summed E-state index contributed by atoms with van der Waals surface area (Å²) in [5, 5.41) is 18.8. The minimum atomic E-state index is -0.818. The van der Waals surface area contributed by atoms with E-state index >= 15 is 0 Å². The molecule has 0 radical (unpaired) electrons. The highest BCUT2D eigenvalue weighted by Crippen LogP contribution is 2.46. The van der Waals surface area contributed by atoms with Gasteiger partial charge in [-0.05, 0) is 36.8 Å². The number of hydrogen-bond donors (Lipinski definition) is 2. The van der Waals surface area contributed by atoms with Crippen molar-refractivity contribution in [2.24, 2.45) is 5.92 Å². The first kappa shape index (κ1) is 16.2. The van der Waals surface area contributed by atoms with E-state index in [4.69, 9.17) is 20.3 Å². The first-order valence-corrected chi connectivity index (χ1v) is 8.40. The largest absolute Gasteiger partial charge is 0.481 e. The van der Waals surface area contributed by atoms with E-state index in [0.29, 0.717) is 35.5 Å². The number of aromatic nitrogens is 1. The Bertz CT molecular complexity index is 949. The summed E-state index contributed by atoms with van der Waals surface area (Å²) >= 11 is 0. The van der Waals surface area contributed by atoms with Crippen LogP contribution in [-0.4, -0.2) is 22.9 Å². The van der Waals surface area contributed by atoms with Gasteiger partial charge in [0.05, 0.1) is 0 Å². The van der Waals surface area contributed by atoms with Crippen LogP contribution in [-0.2, 0) is 17.6 Å². The molecular weight excluding hydrogens is 334 g/mol. The minimum Gasteiger partial charge on any atom is -0.481 e. The number of carboxylic acids is 1. The molecule has 0 saturated carbocycles. The Hall–Kier alpha value is -3.27. The van der Waals surface area contributed by atoms with Gasteiger partial charge < -0.3 is 20.3 Å². The molecule has 1 aliphatic heterocycles. The van der Waals surface area contributed by atoms with Gasteiger partial charge in [0, 0.05) is 23.2 Å². The average molecular weight is 351 g/mol. The fourth-order valence-electron chi connectivity index (χ4n) is 3.81. The van der Waals surface area contributed by atoms with Crippen molar-refractivity contribution in [3.05, 3.63) is 35.0 Å². The van der Waals surface area contributed by atoms with Crippen molar-refractivity contribution in [2.45, 2.75) is 25.7 Å². The molecule has 0 amide bonds. The smallest absolute Gasteiger partial charge is 0.303 e. The fraction of sp³-hybridized carbons (Fsp3) is 0.316. The van der Waals surface area contributed by atoms with Crippen LogP contribution in [0.15, 0.2) is 18.2 Å². The quantitative estimate of drug-likeness (QED) is 0.872. The number of hydrogen-bond acceptors (Lipinski definition) is 6. The van der Waals surface area contributed by atoms with E-state index < -0.39 is 5.97 Å². The van der Waals surface area contributed by atoms with Crippen molar-refractivity contribution in [1.29, 1.82) is 5.26 Å². The van der Waals surface area contributed by atoms with Crippen LogP contribution in [0.2, 0.25) is 0 Å². The van der Waals surface area contributed by atoms with E-state index in [0.717, 1.165) is 23.2 Å². The highest BCUT2D eigenvalue weighted by molar-refractivity contribution is 5.84. The lowest BCUT2D eigenvalue weighted by molar-refractivity contribution is -0.138. The van der Waals surface area contributed by atoms with Crippen molar-refractivity contribution in [2.75, 3.05) is 12.5 Å². The van der Waals surface area contributed by atoms with Gasteiger partial charge in [0.15, 0.2) is 11.5 Å². The summed E-state index contributed by atoms with van der Waals surface area (Å²) in [5.74, 6) is 0.575. The average Bonchev–Trinajstić information content (AvgIpc) is 3.09. The maximum Gasteiger partial charge on any atom is 0.303 e. The number of pyridine rings is 1. The molecule has 1 unspecified atom stereocenters. The molecule has 2 heterocycles. The lowest BCUT2D eigenvalue weighted by Gasteiger charge is -2.26. The highest BCUT2D eigenvalue weighted by atomic mass is 16.7. The van der Waals surface area contributed by atoms with Crippen molar-refractivity contribution in [1.82, 2.24) is 4.98 Å². The minimum absolute atomic E-state index is 0.00430. The number of nitrogens with two attached hydrogens (primary N) is 1. The van der Waals surface area contributed by atoms with Crippen LogP contribution >= 0.6 is 0 Å². The number of para-hydroxylation sites is 1. The maximum absolute atomic E-state index is 11.1. The van der Waals surface area contributed by atoms with Crippen LogP contribution in [0.25, 0.3) is 11.1 Å². The fourth-order valence-corrected chi connectivity index (χ4v) is 3.81. The predicted octanol–water partition coefficient (Wildman–Crippen LogP) is 2.51. The molecule has 2 aliphatic rings. The molecule has 2 aromatic rings. The number of nitriles is 1. The number of ether oxygens (including phenoxy) is 2. The Morgan fingerprint density at radius 1 is 1.42 bits per heavy atom. The molecule has 132 valence electrons. The Labute approximate surface area is 150 Å². The lowest BCUT2D eigenvalue weighted by atomic mass is 9.80. The van der Waals surface area contributed by atoms with Crippen LogP contribution in [0, 0.1) is 17.2 Å². The van der Waals surface area contributed by atoms with E-state index in [1.807, 2.05) is 18.2 Å². The number of anilines is 1. The molecule has 1 aromatic heterocycles. The first-order valence-electron chi connectivity index (χ1n) is 8.40. The third-order valence-corrected chi connectivity index (χ3v) is 4.93. The number of rotatable bonds is 3. The monoisotopic (exact) mass is 351 g/mol. The van der Waals surface area contributed by atoms with Crippen molar-refractivity contribution < 1.29 is 19.4 Å². The molecule has 0 spiro atoms. The van der Waals surface area contributed by atoms with E-state index in [9.17, 15) is 10.1 Å². The van der Waals surface area contributed by atoms with Gasteiger partial charge in [-0.3, -0.25) is 4.79 Å². The Morgan fingerprint density at radius 2 is 2.27 bits per heavy atom. The molecule has 1 aliphatic carbocycles. The van der Waals surface area contributed by atoms with Crippen molar-refractivity contribution in [3.8, 4) is 28.7 Å². The number of nitrogens with zero attached hydrogens (tertiary/aromatic N) is 2. The third kappa shape index (κ3) is 2.60. The standard InChI is InChI=1S/C19H17N3O4/c20-8-13-17(11-2-1-3-15-18(11)26-9-25-15)12-6-10(7-16(23)24)4-5-14(12)22-19(13)21/h1-3,10H,4-7,9H2,(H2,21,22)(H,23,24). The number of nitrogen functional groups attached to an aromatic ring is 1. The van der Waals surface area contributed by atoms with Gasteiger partial charge in [-0.25, -0.2) is 4.98 Å². The zero-order valence-corrected chi connectivity index (χ0v) is 14.0.